The number of hydrogen-bond acceptors (Lipinski definition) is 1. The van der Waals surface area contributed by atoms with E-state index in [1.807, 2.05) is 43.3 Å². The van der Waals surface area contributed by atoms with Crippen LogP contribution in [0.15, 0.2) is 36.4 Å². The van der Waals surface area contributed by atoms with E-state index >= 15 is 0 Å². The molecule has 1 nitrogen and oxygen atoms in total. The van der Waals surface area contributed by atoms with Crippen LogP contribution in [0.5, 0.6) is 0 Å². The summed E-state index contributed by atoms with van der Waals surface area (Å²) in [7, 11) is 0. The van der Waals surface area contributed by atoms with Crippen LogP contribution in [-0.2, 0) is 0 Å². The molecule has 0 atom stereocenters. The fraction of sp³-hybridized carbons (Fsp3) is 0.214. The Kier molecular flexibility index (Phi) is 3.25. The molecule has 82 valence electrons. The van der Waals surface area contributed by atoms with Crippen LogP contribution in [0.25, 0.3) is 10.8 Å². The summed E-state index contributed by atoms with van der Waals surface area (Å²) < 4.78 is 0. The van der Waals surface area contributed by atoms with Crippen LogP contribution in [0.1, 0.15) is 30.1 Å². The van der Waals surface area contributed by atoms with Gasteiger partial charge in [0.15, 0.2) is 5.78 Å². The van der Waals surface area contributed by atoms with E-state index in [-0.39, 0.29) is 5.78 Å². The van der Waals surface area contributed by atoms with Crippen LogP contribution >= 0.6 is 11.6 Å². The van der Waals surface area contributed by atoms with E-state index in [0.29, 0.717) is 11.4 Å². The molecule has 0 aliphatic heterocycles. The van der Waals surface area contributed by atoms with Crippen LogP contribution in [0.2, 0.25) is 5.02 Å². The minimum atomic E-state index is 0.190. The van der Waals surface area contributed by atoms with E-state index in [9.17, 15) is 4.79 Å². The summed E-state index contributed by atoms with van der Waals surface area (Å²) in [6, 6.07) is 11.4. The highest BCUT2D eigenvalue weighted by Gasteiger charge is 2.08. The molecule has 16 heavy (non-hydrogen) atoms. The Labute approximate surface area is 100 Å². The zero-order valence-corrected chi connectivity index (χ0v) is 9.92. The van der Waals surface area contributed by atoms with Gasteiger partial charge in [-0.05, 0) is 29.3 Å². The molecule has 0 heterocycles. The maximum atomic E-state index is 11.9. The minimum Gasteiger partial charge on any atom is -0.294 e. The SMILES string of the molecule is CCCC(=O)c1cccc2ccc(Cl)cc12. The third-order valence-corrected chi connectivity index (χ3v) is 2.86. The van der Waals surface area contributed by atoms with Gasteiger partial charge in [-0.2, -0.15) is 0 Å². The van der Waals surface area contributed by atoms with E-state index in [2.05, 4.69) is 0 Å². The summed E-state index contributed by atoms with van der Waals surface area (Å²) >= 11 is 5.96. The maximum absolute atomic E-state index is 11.9. The minimum absolute atomic E-state index is 0.190. The predicted molar refractivity (Wildman–Crippen MR) is 68.2 cm³/mol. The third kappa shape index (κ3) is 2.10. The van der Waals surface area contributed by atoms with Crippen molar-refractivity contribution in [3.05, 3.63) is 47.0 Å². The number of carbonyl (C=O) groups excluding carboxylic acids is 1. The lowest BCUT2D eigenvalue weighted by Gasteiger charge is -2.05. The molecule has 0 aromatic heterocycles. The molecule has 0 spiro atoms. The molecule has 0 aliphatic rings. The van der Waals surface area contributed by atoms with Gasteiger partial charge in [0.25, 0.3) is 0 Å². The monoisotopic (exact) mass is 232 g/mol. The van der Waals surface area contributed by atoms with Crippen molar-refractivity contribution in [1.82, 2.24) is 0 Å². The number of benzene rings is 2. The van der Waals surface area contributed by atoms with Crippen LogP contribution in [0, 0.1) is 0 Å². The van der Waals surface area contributed by atoms with Crippen molar-refractivity contribution in [3.63, 3.8) is 0 Å². The van der Waals surface area contributed by atoms with Gasteiger partial charge in [0, 0.05) is 17.0 Å². The summed E-state index contributed by atoms with van der Waals surface area (Å²) in [5.41, 5.74) is 0.779. The zero-order chi connectivity index (χ0) is 11.5. The van der Waals surface area contributed by atoms with Gasteiger partial charge in [0.2, 0.25) is 0 Å². The average Bonchev–Trinajstić information content (AvgIpc) is 2.28. The van der Waals surface area contributed by atoms with Crippen LogP contribution in [-0.4, -0.2) is 5.78 Å². The number of ketones is 1. The standard InChI is InChI=1S/C14H13ClO/c1-2-4-14(16)12-6-3-5-10-7-8-11(15)9-13(10)12/h3,5-9H,2,4H2,1H3. The average molecular weight is 233 g/mol. The van der Waals surface area contributed by atoms with Crippen LogP contribution < -0.4 is 0 Å². The highest BCUT2D eigenvalue weighted by atomic mass is 35.5. The predicted octanol–water partition coefficient (Wildman–Crippen LogP) is 4.48. The topological polar surface area (TPSA) is 17.1 Å². The fourth-order valence-electron chi connectivity index (χ4n) is 1.85. The van der Waals surface area contributed by atoms with E-state index < -0.39 is 0 Å². The van der Waals surface area contributed by atoms with Crippen molar-refractivity contribution < 1.29 is 4.79 Å². The first-order chi connectivity index (χ1) is 7.72. The second-order valence-corrected chi connectivity index (χ2v) is 4.28. The van der Waals surface area contributed by atoms with Crippen LogP contribution in [0.4, 0.5) is 0 Å². The van der Waals surface area contributed by atoms with Crippen molar-refractivity contribution in [1.29, 1.82) is 0 Å². The quantitative estimate of drug-likeness (QED) is 0.714. The fourth-order valence-corrected chi connectivity index (χ4v) is 2.02. The Morgan fingerprint density at radius 1 is 1.25 bits per heavy atom. The first kappa shape index (κ1) is 11.2. The maximum Gasteiger partial charge on any atom is 0.163 e. The van der Waals surface area contributed by atoms with Crippen molar-refractivity contribution >= 4 is 28.2 Å². The Bertz CT molecular complexity index is 531. The smallest absolute Gasteiger partial charge is 0.163 e. The highest BCUT2D eigenvalue weighted by Crippen LogP contribution is 2.24. The number of Topliss-reactive ketones (excluding diaryl/α,β-unsaturated/α-hetero) is 1. The number of halogens is 1. The molecule has 2 rings (SSSR count). The Hall–Kier alpha value is -1.34. The van der Waals surface area contributed by atoms with Gasteiger partial charge in [0.1, 0.15) is 0 Å². The number of rotatable bonds is 3. The van der Waals surface area contributed by atoms with Gasteiger partial charge >= 0.3 is 0 Å². The van der Waals surface area contributed by atoms with Gasteiger partial charge in [-0.1, -0.05) is 42.8 Å². The van der Waals surface area contributed by atoms with E-state index in [1.54, 1.807) is 0 Å². The first-order valence-electron chi connectivity index (χ1n) is 5.44. The molecule has 2 heteroatoms. The molecule has 0 unspecified atom stereocenters. The van der Waals surface area contributed by atoms with Gasteiger partial charge in [-0.15, -0.1) is 0 Å². The molecule has 0 aliphatic carbocycles. The molecular weight excluding hydrogens is 220 g/mol. The van der Waals surface area contributed by atoms with Gasteiger partial charge in [-0.3, -0.25) is 4.79 Å². The first-order valence-corrected chi connectivity index (χ1v) is 5.81. The molecular formula is C14H13ClO. The molecule has 2 aromatic carbocycles. The van der Waals surface area contributed by atoms with Crippen molar-refractivity contribution in [2.75, 3.05) is 0 Å². The molecule has 0 fully saturated rings. The summed E-state index contributed by atoms with van der Waals surface area (Å²) in [6.07, 6.45) is 1.46. The molecule has 0 saturated carbocycles. The van der Waals surface area contributed by atoms with E-state index in [0.717, 1.165) is 22.8 Å². The van der Waals surface area contributed by atoms with Gasteiger partial charge in [-0.25, -0.2) is 0 Å². The molecule has 0 radical (unpaired) electrons. The lowest BCUT2D eigenvalue weighted by Crippen LogP contribution is -1.98. The number of fused-ring (bicyclic) bond motifs is 1. The summed E-state index contributed by atoms with van der Waals surface area (Å²) in [4.78, 5) is 11.9. The second-order valence-electron chi connectivity index (χ2n) is 3.84. The molecule has 0 N–H and O–H groups in total. The number of carbonyl (C=O) groups is 1. The number of hydrogen-bond donors (Lipinski definition) is 0. The lowest BCUT2D eigenvalue weighted by molar-refractivity contribution is 0.0983. The summed E-state index contributed by atoms with van der Waals surface area (Å²) in [5.74, 6) is 0.190. The molecule has 0 amide bonds. The summed E-state index contributed by atoms with van der Waals surface area (Å²) in [6.45, 7) is 2.01. The third-order valence-electron chi connectivity index (χ3n) is 2.62. The Balaban J connectivity index is 2.60. The Morgan fingerprint density at radius 2 is 2.06 bits per heavy atom. The second kappa shape index (κ2) is 4.67. The van der Waals surface area contributed by atoms with Crippen molar-refractivity contribution in [3.8, 4) is 0 Å². The zero-order valence-electron chi connectivity index (χ0n) is 9.16. The highest BCUT2D eigenvalue weighted by molar-refractivity contribution is 6.31. The van der Waals surface area contributed by atoms with Crippen LogP contribution in [0.3, 0.4) is 0 Å². The van der Waals surface area contributed by atoms with Crippen molar-refractivity contribution in [2.45, 2.75) is 19.8 Å². The Morgan fingerprint density at radius 3 is 2.81 bits per heavy atom. The van der Waals surface area contributed by atoms with Gasteiger partial charge < -0.3 is 0 Å². The van der Waals surface area contributed by atoms with E-state index in [1.165, 1.54) is 0 Å². The lowest BCUT2D eigenvalue weighted by atomic mass is 9.99. The molecule has 0 bridgehead atoms. The normalized spacial score (nSPS) is 10.6. The largest absolute Gasteiger partial charge is 0.294 e. The molecule has 2 aromatic rings. The molecule has 0 saturated heterocycles. The van der Waals surface area contributed by atoms with Crippen molar-refractivity contribution in [2.24, 2.45) is 0 Å². The van der Waals surface area contributed by atoms with Gasteiger partial charge in [0.05, 0.1) is 0 Å². The van der Waals surface area contributed by atoms with E-state index in [4.69, 9.17) is 11.6 Å². The summed E-state index contributed by atoms with van der Waals surface area (Å²) in [5, 5.41) is 2.68.